The maximum atomic E-state index is 11.7. The molecule has 0 fully saturated rings. The van der Waals surface area contributed by atoms with Crippen LogP contribution in [-0.2, 0) is 4.79 Å². The minimum atomic E-state index is 0.0105. The van der Waals surface area contributed by atoms with Crippen LogP contribution in [0.25, 0.3) is 22.6 Å². The van der Waals surface area contributed by atoms with Gasteiger partial charge >= 0.3 is 0 Å². The van der Waals surface area contributed by atoms with Crippen molar-refractivity contribution in [3.05, 3.63) is 46.9 Å². The lowest BCUT2D eigenvalue weighted by molar-refractivity contribution is -0.116. The second-order valence-electron chi connectivity index (χ2n) is 4.98. The molecule has 1 amide bonds. The van der Waals surface area contributed by atoms with Crippen molar-refractivity contribution in [2.75, 3.05) is 5.32 Å². The summed E-state index contributed by atoms with van der Waals surface area (Å²) < 4.78 is 6.72. The summed E-state index contributed by atoms with van der Waals surface area (Å²) in [6.45, 7) is 1.98. The number of nitrogens with one attached hydrogen (secondary N) is 1. The molecule has 1 heterocycles. The summed E-state index contributed by atoms with van der Waals surface area (Å²) >= 11 is 3.50. The van der Waals surface area contributed by atoms with Gasteiger partial charge in [0.25, 0.3) is 0 Å². The van der Waals surface area contributed by atoms with Crippen molar-refractivity contribution in [1.29, 1.82) is 0 Å². The first-order valence-electron chi connectivity index (χ1n) is 7.12. The highest BCUT2D eigenvalue weighted by Crippen LogP contribution is 2.30. The van der Waals surface area contributed by atoms with Crippen molar-refractivity contribution in [3.8, 4) is 11.5 Å². The molecule has 0 aliphatic rings. The third-order valence-electron chi connectivity index (χ3n) is 3.25. The number of fused-ring (bicyclic) bond motifs is 1. The van der Waals surface area contributed by atoms with Crippen molar-refractivity contribution in [1.82, 2.24) is 4.98 Å². The molecule has 3 aromatic rings. The number of anilines is 1. The van der Waals surface area contributed by atoms with E-state index in [-0.39, 0.29) is 5.91 Å². The van der Waals surface area contributed by atoms with Crippen LogP contribution in [0.1, 0.15) is 19.8 Å². The summed E-state index contributed by atoms with van der Waals surface area (Å²) in [4.78, 5) is 16.2. The summed E-state index contributed by atoms with van der Waals surface area (Å²) in [5.41, 5.74) is 3.05. The molecule has 0 saturated heterocycles. The topological polar surface area (TPSA) is 55.1 Å². The minimum absolute atomic E-state index is 0.0105. The van der Waals surface area contributed by atoms with Gasteiger partial charge in [0.2, 0.25) is 11.8 Å². The number of aromatic nitrogens is 1. The van der Waals surface area contributed by atoms with Crippen molar-refractivity contribution < 1.29 is 9.21 Å². The average molecular weight is 359 g/mol. The Kier molecular flexibility index (Phi) is 4.24. The van der Waals surface area contributed by atoms with Crippen LogP contribution in [0.2, 0.25) is 0 Å². The summed E-state index contributed by atoms with van der Waals surface area (Å²) in [6.07, 6.45) is 1.34. The second-order valence-corrected chi connectivity index (χ2v) is 5.83. The molecule has 2 aromatic carbocycles. The third-order valence-corrected chi connectivity index (χ3v) is 3.94. The van der Waals surface area contributed by atoms with Crippen LogP contribution in [0.3, 0.4) is 0 Å². The number of hydrogen-bond acceptors (Lipinski definition) is 3. The van der Waals surface area contributed by atoms with Gasteiger partial charge in [-0.2, -0.15) is 0 Å². The molecule has 0 unspecified atom stereocenters. The van der Waals surface area contributed by atoms with E-state index < -0.39 is 0 Å². The van der Waals surface area contributed by atoms with Gasteiger partial charge in [0.15, 0.2) is 5.58 Å². The quantitative estimate of drug-likeness (QED) is 0.714. The van der Waals surface area contributed by atoms with Crippen LogP contribution < -0.4 is 5.32 Å². The molecule has 0 aliphatic carbocycles. The van der Waals surface area contributed by atoms with Gasteiger partial charge in [0.1, 0.15) is 5.52 Å². The maximum Gasteiger partial charge on any atom is 0.228 e. The molecule has 0 atom stereocenters. The Labute approximate surface area is 136 Å². The fraction of sp³-hybridized carbons (Fsp3) is 0.176. The first kappa shape index (κ1) is 14.8. The van der Waals surface area contributed by atoms with E-state index in [9.17, 15) is 4.79 Å². The van der Waals surface area contributed by atoms with E-state index in [0.717, 1.165) is 27.7 Å². The van der Waals surface area contributed by atoms with Crippen molar-refractivity contribution in [3.63, 3.8) is 0 Å². The van der Waals surface area contributed by atoms with Gasteiger partial charge < -0.3 is 9.73 Å². The fourth-order valence-electron chi connectivity index (χ4n) is 2.21. The van der Waals surface area contributed by atoms with E-state index in [2.05, 4.69) is 26.2 Å². The van der Waals surface area contributed by atoms with E-state index in [0.29, 0.717) is 17.9 Å². The highest BCUT2D eigenvalue weighted by atomic mass is 79.9. The molecule has 22 heavy (non-hydrogen) atoms. The van der Waals surface area contributed by atoms with Crippen molar-refractivity contribution in [2.45, 2.75) is 19.8 Å². The first-order valence-corrected chi connectivity index (χ1v) is 7.92. The van der Waals surface area contributed by atoms with Gasteiger partial charge in [-0.25, -0.2) is 4.98 Å². The van der Waals surface area contributed by atoms with E-state index >= 15 is 0 Å². The third kappa shape index (κ3) is 3.04. The summed E-state index contributed by atoms with van der Waals surface area (Å²) in [5, 5.41) is 2.87. The van der Waals surface area contributed by atoms with Crippen LogP contribution in [0.15, 0.2) is 51.4 Å². The van der Waals surface area contributed by atoms with E-state index in [1.54, 1.807) is 0 Å². The normalized spacial score (nSPS) is 10.8. The second kappa shape index (κ2) is 6.32. The average Bonchev–Trinajstić information content (AvgIpc) is 2.90. The zero-order valence-corrected chi connectivity index (χ0v) is 13.7. The number of oxazole rings is 1. The SMILES string of the molecule is CCCC(=O)Nc1ccc2oc(-c3ccccc3Br)nc2c1. The van der Waals surface area contributed by atoms with Gasteiger partial charge in [0, 0.05) is 16.6 Å². The van der Waals surface area contributed by atoms with E-state index in [4.69, 9.17) is 4.42 Å². The molecule has 3 rings (SSSR count). The molecule has 112 valence electrons. The fourth-order valence-corrected chi connectivity index (χ4v) is 2.66. The van der Waals surface area contributed by atoms with E-state index in [1.807, 2.05) is 49.4 Å². The van der Waals surface area contributed by atoms with Crippen LogP contribution in [-0.4, -0.2) is 10.9 Å². The van der Waals surface area contributed by atoms with Crippen LogP contribution >= 0.6 is 15.9 Å². The number of hydrogen-bond donors (Lipinski definition) is 1. The number of nitrogens with zero attached hydrogens (tertiary/aromatic N) is 1. The number of benzene rings is 2. The zero-order chi connectivity index (χ0) is 15.5. The summed E-state index contributed by atoms with van der Waals surface area (Å²) in [6, 6.07) is 13.2. The molecule has 0 saturated carbocycles. The predicted octanol–water partition coefficient (Wildman–Crippen LogP) is 5.00. The Morgan fingerprint density at radius 3 is 2.86 bits per heavy atom. The molecule has 0 aliphatic heterocycles. The lowest BCUT2D eigenvalue weighted by Gasteiger charge is -2.02. The molecule has 1 aromatic heterocycles. The number of carbonyl (C=O) groups excluding carboxylic acids is 1. The number of carbonyl (C=O) groups is 1. The lowest BCUT2D eigenvalue weighted by Crippen LogP contribution is -2.10. The Bertz CT molecular complexity index is 826. The Balaban J connectivity index is 1.94. The van der Waals surface area contributed by atoms with Crippen LogP contribution in [0.5, 0.6) is 0 Å². The van der Waals surface area contributed by atoms with Gasteiger partial charge in [-0.3, -0.25) is 4.79 Å². The predicted molar refractivity (Wildman–Crippen MR) is 90.7 cm³/mol. The van der Waals surface area contributed by atoms with Crippen LogP contribution in [0, 0.1) is 0 Å². The van der Waals surface area contributed by atoms with Gasteiger partial charge in [0.05, 0.1) is 5.56 Å². The molecular weight excluding hydrogens is 344 g/mol. The molecule has 0 bridgehead atoms. The summed E-state index contributed by atoms with van der Waals surface area (Å²) in [7, 11) is 0. The van der Waals surface area contributed by atoms with E-state index in [1.165, 1.54) is 0 Å². The van der Waals surface area contributed by atoms with Crippen molar-refractivity contribution in [2.24, 2.45) is 0 Å². The molecule has 0 spiro atoms. The molecular formula is C17H15BrN2O2. The Morgan fingerprint density at radius 1 is 1.27 bits per heavy atom. The largest absolute Gasteiger partial charge is 0.436 e. The van der Waals surface area contributed by atoms with Crippen LogP contribution in [0.4, 0.5) is 5.69 Å². The van der Waals surface area contributed by atoms with Gasteiger partial charge in [-0.05, 0) is 52.7 Å². The monoisotopic (exact) mass is 358 g/mol. The number of rotatable bonds is 4. The van der Waals surface area contributed by atoms with Gasteiger partial charge in [-0.1, -0.05) is 19.1 Å². The zero-order valence-electron chi connectivity index (χ0n) is 12.1. The Morgan fingerprint density at radius 2 is 2.09 bits per heavy atom. The molecule has 1 N–H and O–H groups in total. The number of halogens is 1. The standard InChI is InChI=1S/C17H15BrN2O2/c1-2-5-16(21)19-11-8-9-15-14(10-11)20-17(22-15)12-6-3-4-7-13(12)18/h3-4,6-10H,2,5H2,1H3,(H,19,21). The summed E-state index contributed by atoms with van der Waals surface area (Å²) in [5.74, 6) is 0.566. The lowest BCUT2D eigenvalue weighted by atomic mass is 10.2. The number of amides is 1. The minimum Gasteiger partial charge on any atom is -0.436 e. The smallest absolute Gasteiger partial charge is 0.228 e. The Hall–Kier alpha value is -2.14. The van der Waals surface area contributed by atoms with Crippen molar-refractivity contribution >= 4 is 38.6 Å². The molecule has 0 radical (unpaired) electrons. The highest BCUT2D eigenvalue weighted by Gasteiger charge is 2.11. The first-order chi connectivity index (χ1) is 10.7. The molecule has 4 nitrogen and oxygen atoms in total. The van der Waals surface area contributed by atoms with Gasteiger partial charge in [-0.15, -0.1) is 0 Å². The highest BCUT2D eigenvalue weighted by molar-refractivity contribution is 9.10. The molecule has 5 heteroatoms. The maximum absolute atomic E-state index is 11.7.